The number of nitrogens with zero attached hydrogens (tertiary/aromatic N) is 2. The Kier molecular flexibility index (Phi) is 2.79. The first-order valence-electron chi connectivity index (χ1n) is 5.73. The smallest absolute Gasteiger partial charge is 0.317 e. The molecule has 1 aromatic carbocycles. The number of hydrogen-bond donors (Lipinski definition) is 1. The van der Waals surface area contributed by atoms with Gasteiger partial charge in [-0.1, -0.05) is 6.07 Å². The zero-order valence-electron chi connectivity index (χ0n) is 9.92. The van der Waals surface area contributed by atoms with Crippen LogP contribution in [0.4, 0.5) is 4.79 Å². The number of carbonyl (C=O) groups excluding carboxylic acids is 1. The molecule has 0 aliphatic carbocycles. The highest BCUT2D eigenvalue weighted by Gasteiger charge is 2.32. The van der Waals surface area contributed by atoms with E-state index in [1.54, 1.807) is 23.3 Å². The highest BCUT2D eigenvalue weighted by Crippen LogP contribution is 2.28. The van der Waals surface area contributed by atoms with Gasteiger partial charge in [0.2, 0.25) is 0 Å². The van der Waals surface area contributed by atoms with E-state index in [0.717, 1.165) is 16.0 Å². The maximum atomic E-state index is 11.3. The number of rotatable bonds is 2. The third-order valence-electron chi connectivity index (χ3n) is 2.97. The van der Waals surface area contributed by atoms with Crippen LogP contribution in [0.15, 0.2) is 23.7 Å². The number of urea groups is 1. The van der Waals surface area contributed by atoms with E-state index in [0.29, 0.717) is 13.1 Å². The van der Waals surface area contributed by atoms with E-state index in [2.05, 4.69) is 10.3 Å². The molecule has 3 rings (SSSR count). The maximum Gasteiger partial charge on any atom is 0.317 e. The average molecular weight is 263 g/mol. The fourth-order valence-corrected chi connectivity index (χ4v) is 2.67. The van der Waals surface area contributed by atoms with Crippen molar-refractivity contribution in [1.82, 2.24) is 15.2 Å². The molecule has 1 N–H and O–H groups in total. The summed E-state index contributed by atoms with van der Waals surface area (Å²) in [6.45, 7) is 1.25. The summed E-state index contributed by atoms with van der Waals surface area (Å²) < 4.78 is 6.99. The van der Waals surface area contributed by atoms with Gasteiger partial charge >= 0.3 is 6.03 Å². The molecule has 1 aliphatic rings. The number of likely N-dealkylation sites (tertiary alicyclic amines) is 1. The lowest BCUT2D eigenvalue weighted by atomic mass is 10.2. The van der Waals surface area contributed by atoms with Crippen molar-refractivity contribution in [3.63, 3.8) is 0 Å². The summed E-state index contributed by atoms with van der Waals surface area (Å²) in [5.74, 6) is 0.801. The molecule has 2 aromatic rings. The average Bonchev–Trinajstić information content (AvgIpc) is 2.81. The predicted molar refractivity (Wildman–Crippen MR) is 70.1 cm³/mol. The lowest BCUT2D eigenvalue weighted by Gasteiger charge is -2.38. The number of aromatic nitrogens is 1. The van der Waals surface area contributed by atoms with Crippen molar-refractivity contribution in [3.8, 4) is 5.75 Å². The van der Waals surface area contributed by atoms with Crippen LogP contribution in [0.1, 0.15) is 0 Å². The van der Waals surface area contributed by atoms with Crippen LogP contribution in [0, 0.1) is 0 Å². The van der Waals surface area contributed by atoms with E-state index in [1.807, 2.05) is 23.7 Å². The van der Waals surface area contributed by atoms with Crippen LogP contribution in [0.2, 0.25) is 0 Å². The molecule has 1 saturated heterocycles. The highest BCUT2D eigenvalue weighted by molar-refractivity contribution is 7.16. The minimum atomic E-state index is -0.0540. The second-order valence-electron chi connectivity index (χ2n) is 4.16. The largest absolute Gasteiger partial charge is 0.484 e. The first kappa shape index (κ1) is 11.3. The number of hydrogen-bond acceptors (Lipinski definition) is 4. The van der Waals surface area contributed by atoms with Gasteiger partial charge in [-0.3, -0.25) is 0 Å². The van der Waals surface area contributed by atoms with Crippen LogP contribution in [-0.4, -0.2) is 42.2 Å². The molecule has 0 atom stereocenters. The molecule has 2 heterocycles. The number of fused-ring (bicyclic) bond motifs is 1. The minimum Gasteiger partial charge on any atom is -0.484 e. The first-order valence-corrected chi connectivity index (χ1v) is 6.61. The van der Waals surface area contributed by atoms with E-state index < -0.39 is 0 Å². The van der Waals surface area contributed by atoms with Gasteiger partial charge in [-0.15, -0.1) is 11.3 Å². The molecular formula is C12H13N3O2S. The molecule has 0 bridgehead atoms. The Morgan fingerprint density at radius 1 is 1.56 bits per heavy atom. The Hall–Kier alpha value is -1.82. The first-order chi connectivity index (χ1) is 8.78. The number of carbonyl (C=O) groups is 1. The Morgan fingerprint density at radius 3 is 3.17 bits per heavy atom. The fraction of sp³-hybridized carbons (Fsp3) is 0.333. The quantitative estimate of drug-likeness (QED) is 0.897. The predicted octanol–water partition coefficient (Wildman–Crippen LogP) is 1.70. The van der Waals surface area contributed by atoms with Gasteiger partial charge in [0.05, 0.1) is 23.3 Å². The van der Waals surface area contributed by atoms with Crippen LogP contribution in [0.3, 0.4) is 0 Å². The molecule has 1 fully saturated rings. The Labute approximate surface area is 108 Å². The summed E-state index contributed by atoms with van der Waals surface area (Å²) in [4.78, 5) is 17.3. The minimum absolute atomic E-state index is 0.0540. The normalized spacial score (nSPS) is 15.5. The van der Waals surface area contributed by atoms with E-state index in [9.17, 15) is 4.79 Å². The Balaban J connectivity index is 1.68. The number of ether oxygens (including phenoxy) is 1. The summed E-state index contributed by atoms with van der Waals surface area (Å²) in [5.41, 5.74) is 2.72. The lowest BCUT2D eigenvalue weighted by molar-refractivity contribution is 0.0461. The Morgan fingerprint density at radius 2 is 2.39 bits per heavy atom. The maximum absolute atomic E-state index is 11.3. The van der Waals surface area contributed by atoms with Crippen LogP contribution in [-0.2, 0) is 0 Å². The summed E-state index contributed by atoms with van der Waals surface area (Å²) in [6, 6.07) is 5.86. The molecule has 1 aromatic heterocycles. The molecular weight excluding hydrogens is 250 g/mol. The van der Waals surface area contributed by atoms with Crippen LogP contribution in [0.25, 0.3) is 10.2 Å². The third-order valence-corrected chi connectivity index (χ3v) is 3.76. The van der Waals surface area contributed by atoms with Crippen molar-refractivity contribution in [2.75, 3.05) is 20.1 Å². The van der Waals surface area contributed by atoms with Crippen LogP contribution in [0.5, 0.6) is 5.75 Å². The lowest BCUT2D eigenvalue weighted by Crippen LogP contribution is -2.58. The number of benzene rings is 1. The van der Waals surface area contributed by atoms with Crippen molar-refractivity contribution < 1.29 is 9.53 Å². The SMILES string of the molecule is CNC(=O)N1CC(Oc2cccc3scnc23)C1. The topological polar surface area (TPSA) is 54.5 Å². The van der Waals surface area contributed by atoms with Gasteiger partial charge in [0.15, 0.2) is 0 Å². The molecule has 6 heteroatoms. The molecule has 18 heavy (non-hydrogen) atoms. The number of nitrogens with one attached hydrogen (secondary N) is 1. The number of thiazole rings is 1. The zero-order chi connectivity index (χ0) is 12.5. The molecule has 0 spiro atoms. The Bertz CT molecular complexity index is 577. The molecule has 0 unspecified atom stereocenters. The molecule has 5 nitrogen and oxygen atoms in total. The van der Waals surface area contributed by atoms with Gasteiger partial charge in [0.1, 0.15) is 17.4 Å². The van der Waals surface area contributed by atoms with E-state index in [-0.39, 0.29) is 12.1 Å². The molecule has 0 radical (unpaired) electrons. The molecule has 2 amide bonds. The van der Waals surface area contributed by atoms with E-state index >= 15 is 0 Å². The van der Waals surface area contributed by atoms with Crippen molar-refractivity contribution in [2.24, 2.45) is 0 Å². The van der Waals surface area contributed by atoms with E-state index in [4.69, 9.17) is 4.74 Å². The van der Waals surface area contributed by atoms with Crippen molar-refractivity contribution in [1.29, 1.82) is 0 Å². The zero-order valence-corrected chi connectivity index (χ0v) is 10.7. The number of para-hydroxylation sites is 1. The summed E-state index contributed by atoms with van der Waals surface area (Å²) in [6.07, 6.45) is 0.0644. The van der Waals surface area contributed by atoms with Crippen molar-refractivity contribution >= 4 is 27.6 Å². The monoisotopic (exact) mass is 263 g/mol. The highest BCUT2D eigenvalue weighted by atomic mass is 32.1. The summed E-state index contributed by atoms with van der Waals surface area (Å²) in [7, 11) is 1.63. The second-order valence-corrected chi connectivity index (χ2v) is 5.04. The van der Waals surface area contributed by atoms with Gasteiger partial charge in [0.25, 0.3) is 0 Å². The van der Waals surface area contributed by atoms with Crippen LogP contribution >= 0.6 is 11.3 Å². The van der Waals surface area contributed by atoms with Gasteiger partial charge in [-0.25, -0.2) is 9.78 Å². The van der Waals surface area contributed by atoms with Gasteiger partial charge in [-0.2, -0.15) is 0 Å². The number of amides is 2. The third kappa shape index (κ3) is 1.88. The van der Waals surface area contributed by atoms with Gasteiger partial charge in [-0.05, 0) is 12.1 Å². The summed E-state index contributed by atoms with van der Waals surface area (Å²) >= 11 is 1.60. The fourth-order valence-electron chi connectivity index (χ4n) is 1.97. The summed E-state index contributed by atoms with van der Waals surface area (Å²) in [5, 5.41) is 2.60. The van der Waals surface area contributed by atoms with E-state index in [1.165, 1.54) is 0 Å². The second kappa shape index (κ2) is 4.45. The van der Waals surface area contributed by atoms with Gasteiger partial charge < -0.3 is 15.0 Å². The molecule has 0 saturated carbocycles. The van der Waals surface area contributed by atoms with Crippen molar-refractivity contribution in [2.45, 2.75) is 6.10 Å². The van der Waals surface area contributed by atoms with Crippen molar-refractivity contribution in [3.05, 3.63) is 23.7 Å². The van der Waals surface area contributed by atoms with Crippen LogP contribution < -0.4 is 10.1 Å². The standard InChI is InChI=1S/C12H13N3O2S/c1-13-12(16)15-5-8(6-15)17-9-3-2-4-10-11(9)14-7-18-10/h2-4,7-8H,5-6H2,1H3,(H,13,16). The molecule has 94 valence electrons. The van der Waals surface area contributed by atoms with Gasteiger partial charge in [0, 0.05) is 7.05 Å². The molecule has 1 aliphatic heterocycles.